The van der Waals surface area contributed by atoms with E-state index in [2.05, 4.69) is 0 Å². The number of ketones is 1. The molecule has 0 aromatic heterocycles. The maximum absolute atomic E-state index is 13.4. The predicted molar refractivity (Wildman–Crippen MR) is 260 cm³/mol. The van der Waals surface area contributed by atoms with E-state index in [0.29, 0.717) is 36.3 Å². The minimum Gasteiger partial charge on any atom is -0.496 e. The van der Waals surface area contributed by atoms with Gasteiger partial charge in [0.25, 0.3) is 60.7 Å². The number of hydrogen-bond donors (Lipinski definition) is 6. The van der Waals surface area contributed by atoms with Crippen molar-refractivity contribution in [1.82, 2.24) is 0 Å². The van der Waals surface area contributed by atoms with Crippen molar-refractivity contribution < 1.29 is 92.1 Å². The van der Waals surface area contributed by atoms with E-state index in [1.165, 1.54) is 31.2 Å². The average Bonchev–Trinajstić information content (AvgIpc) is 3.21. The lowest BCUT2D eigenvalue weighted by molar-refractivity contribution is 0.103. The molecule has 380 valence electrons. The molecule has 0 saturated carbocycles. The molecule has 27 heteroatoms. The lowest BCUT2D eigenvalue weighted by Crippen LogP contribution is -2.08. The van der Waals surface area contributed by atoms with Crippen LogP contribution < -0.4 is 9.47 Å². The van der Waals surface area contributed by atoms with Gasteiger partial charge in [-0.15, -0.1) is 0 Å². The number of ether oxygens (including phenoxy) is 2. The molecule has 6 N–H and O–H groups in total. The normalized spacial score (nSPS) is 11.6. The Bertz CT molecular complexity index is 3340. The molecule has 0 saturated heterocycles. The largest absolute Gasteiger partial charge is 0.496 e. The van der Waals surface area contributed by atoms with Gasteiger partial charge in [-0.3, -0.25) is 32.1 Å². The van der Waals surface area contributed by atoms with E-state index in [4.69, 9.17) is 27.7 Å². The third kappa shape index (κ3) is 23.1. The molecule has 0 aliphatic carbocycles. The topological polar surface area (TPSA) is 362 Å². The standard InChI is InChI=1S/C39H30O9S2.4CH4O3S/c1-25-13-14-30(23-37(25)49(41,42)43)39(40)31-17-20-36(38(24-31)50(44,45)46)48-35-19-16-29(22-33(35)27-11-7-4-8-12-27)28-15-18-34(47-2)32(21-28)26-9-5-3-6-10-26;4*1-5(2,3)4/h3-24H,1-2H3,(H,41,42,43)(H,44,45,46);4*1H3,(H,2,3,4). The van der Waals surface area contributed by atoms with Crippen LogP contribution in [0.15, 0.2) is 143 Å². The Labute approximate surface area is 405 Å². The van der Waals surface area contributed by atoms with Crippen LogP contribution in [0, 0.1) is 6.92 Å². The van der Waals surface area contributed by atoms with Crippen molar-refractivity contribution in [1.29, 1.82) is 0 Å². The van der Waals surface area contributed by atoms with Gasteiger partial charge in [0, 0.05) is 22.3 Å². The van der Waals surface area contributed by atoms with Gasteiger partial charge in [-0.25, -0.2) is 0 Å². The van der Waals surface area contributed by atoms with Gasteiger partial charge in [0.05, 0.1) is 37.0 Å². The second-order valence-electron chi connectivity index (χ2n) is 14.3. The minimum absolute atomic E-state index is 0.117. The maximum atomic E-state index is 13.4. The molecule has 6 aromatic carbocycles. The fraction of sp³-hybridized carbons (Fsp3) is 0.140. The SMILES string of the molecule is COc1ccc(-c2ccc(Oc3ccc(C(=O)c4ccc(C)c(S(=O)(=O)O)c4)cc3S(=O)(=O)O)c(-c3ccccc3)c2)cc1-c1ccccc1.CS(=O)(=O)O.CS(=O)(=O)O.CS(=O)(=O)O.CS(=O)(=O)O. The highest BCUT2D eigenvalue weighted by Crippen LogP contribution is 2.41. The smallest absolute Gasteiger partial charge is 0.298 e. The minimum atomic E-state index is -4.92. The molecule has 6 aromatic rings. The first-order chi connectivity index (χ1) is 31.8. The molecule has 0 amide bonds. The van der Waals surface area contributed by atoms with Crippen LogP contribution >= 0.6 is 0 Å². The van der Waals surface area contributed by atoms with Crippen molar-refractivity contribution in [3.63, 3.8) is 0 Å². The van der Waals surface area contributed by atoms with Crippen molar-refractivity contribution in [2.75, 3.05) is 32.1 Å². The average molecular weight is 1090 g/mol. The lowest BCUT2D eigenvalue weighted by Gasteiger charge is -2.17. The molecule has 21 nitrogen and oxygen atoms in total. The van der Waals surface area contributed by atoms with Crippen LogP contribution in [0.4, 0.5) is 0 Å². The van der Waals surface area contributed by atoms with Crippen LogP contribution in [0.3, 0.4) is 0 Å². The fourth-order valence-electron chi connectivity index (χ4n) is 5.61. The van der Waals surface area contributed by atoms with Crippen molar-refractivity contribution in [3.8, 4) is 50.6 Å². The molecule has 0 bridgehead atoms. The Kier molecular flexibility index (Phi) is 21.3. The zero-order valence-electron chi connectivity index (χ0n) is 37.5. The highest BCUT2D eigenvalue weighted by Gasteiger charge is 2.24. The summed E-state index contributed by atoms with van der Waals surface area (Å²) >= 11 is 0. The van der Waals surface area contributed by atoms with E-state index >= 15 is 0 Å². The molecule has 0 spiro atoms. The zero-order valence-corrected chi connectivity index (χ0v) is 42.4. The molecule has 0 heterocycles. The number of hydrogen-bond acceptors (Lipinski definition) is 15. The van der Waals surface area contributed by atoms with E-state index in [9.17, 15) is 64.4 Å². The van der Waals surface area contributed by atoms with Gasteiger partial charge in [-0.05, 0) is 83.3 Å². The molecule has 0 unspecified atom stereocenters. The quantitative estimate of drug-likeness (QED) is 0.0626. The summed E-state index contributed by atoms with van der Waals surface area (Å²) in [5.41, 5.74) is 4.95. The lowest BCUT2D eigenvalue weighted by atomic mass is 9.95. The van der Waals surface area contributed by atoms with Crippen molar-refractivity contribution in [3.05, 3.63) is 150 Å². The summed E-state index contributed by atoms with van der Waals surface area (Å²) in [6.45, 7) is 1.45. The Morgan fingerprint density at radius 2 is 0.729 bits per heavy atom. The summed E-state index contributed by atoms with van der Waals surface area (Å²) in [6.07, 6.45) is 2.86. The number of rotatable bonds is 10. The van der Waals surface area contributed by atoms with Gasteiger partial charge in [0.1, 0.15) is 22.1 Å². The van der Waals surface area contributed by atoms with E-state index in [1.54, 1.807) is 13.2 Å². The summed E-state index contributed by atoms with van der Waals surface area (Å²) in [5, 5.41) is 0. The molecule has 70 heavy (non-hydrogen) atoms. The summed E-state index contributed by atoms with van der Waals surface area (Å²) in [4.78, 5) is 12.2. The molecule has 6 rings (SSSR count). The van der Waals surface area contributed by atoms with Crippen LogP contribution in [0.5, 0.6) is 17.2 Å². The molecule has 0 aliphatic heterocycles. The second kappa shape index (κ2) is 24.7. The zero-order chi connectivity index (χ0) is 53.6. The van der Waals surface area contributed by atoms with Gasteiger partial charge in [0.15, 0.2) is 5.78 Å². The summed E-state index contributed by atoms with van der Waals surface area (Å²) in [7, 11) is -22.6. The Balaban J connectivity index is 0.000000709. The van der Waals surface area contributed by atoms with E-state index in [1.807, 2.05) is 91.0 Å². The molecule has 0 aliphatic rings. The monoisotopic (exact) mass is 1090 g/mol. The van der Waals surface area contributed by atoms with Crippen LogP contribution in [-0.4, -0.2) is 116 Å². The highest BCUT2D eigenvalue weighted by atomic mass is 32.2. The van der Waals surface area contributed by atoms with Gasteiger partial charge in [-0.2, -0.15) is 50.5 Å². The van der Waals surface area contributed by atoms with E-state index < -0.39 is 76.3 Å². The number of methoxy groups -OCH3 is 1. The van der Waals surface area contributed by atoms with Crippen LogP contribution in [0.25, 0.3) is 33.4 Å². The third-order valence-corrected chi connectivity index (χ3v) is 9.98. The van der Waals surface area contributed by atoms with Gasteiger partial charge < -0.3 is 9.47 Å². The van der Waals surface area contributed by atoms with Crippen molar-refractivity contribution in [2.24, 2.45) is 0 Å². The van der Waals surface area contributed by atoms with E-state index in [-0.39, 0.29) is 28.2 Å². The number of carbonyl (C=O) groups excluding carboxylic acids is 1. The number of benzene rings is 6. The third-order valence-electron chi connectivity index (χ3n) is 8.11. The van der Waals surface area contributed by atoms with Crippen LogP contribution in [-0.2, 0) is 60.7 Å². The van der Waals surface area contributed by atoms with Gasteiger partial charge >= 0.3 is 0 Å². The molecule has 0 radical (unpaired) electrons. The van der Waals surface area contributed by atoms with Crippen LogP contribution in [0.2, 0.25) is 0 Å². The van der Waals surface area contributed by atoms with Crippen molar-refractivity contribution in [2.45, 2.75) is 16.7 Å². The Morgan fingerprint density at radius 1 is 0.400 bits per heavy atom. The number of aryl methyl sites for hydroxylation is 1. The summed E-state index contributed by atoms with van der Waals surface area (Å²) in [6, 6.07) is 37.7. The molecular weight excluding hydrogens is 1040 g/mol. The maximum Gasteiger partial charge on any atom is 0.298 e. The molecule has 0 fully saturated rings. The Morgan fingerprint density at radius 3 is 1.10 bits per heavy atom. The summed E-state index contributed by atoms with van der Waals surface area (Å²) in [5.74, 6) is 0.00326. The molecular formula is C43H46O21S6. The first-order valence-electron chi connectivity index (χ1n) is 18.9. The van der Waals surface area contributed by atoms with E-state index in [0.717, 1.165) is 39.9 Å². The molecule has 0 atom stereocenters. The summed E-state index contributed by atoms with van der Waals surface area (Å²) < 4.78 is 184. The van der Waals surface area contributed by atoms with Crippen LogP contribution in [0.1, 0.15) is 21.5 Å². The van der Waals surface area contributed by atoms with Gasteiger partial charge in [-0.1, -0.05) is 84.9 Å². The second-order valence-corrected chi connectivity index (χ2v) is 23.0. The highest BCUT2D eigenvalue weighted by molar-refractivity contribution is 7.86. The first kappa shape index (κ1) is 60.2. The first-order valence-corrected chi connectivity index (χ1v) is 29.2. The fourth-order valence-corrected chi connectivity index (χ4v) is 7.00. The Hall–Kier alpha value is -5.95. The predicted octanol–water partition coefficient (Wildman–Crippen LogP) is 6.54. The number of carbonyl (C=O) groups is 1. The van der Waals surface area contributed by atoms with Crippen molar-refractivity contribution >= 4 is 66.5 Å². The van der Waals surface area contributed by atoms with Gasteiger partial charge in [0.2, 0.25) is 0 Å².